The molecule has 0 aliphatic carbocycles. The normalized spacial score (nSPS) is 10.7. The van der Waals surface area contributed by atoms with Gasteiger partial charge in [-0.1, -0.05) is 29.8 Å². The number of hydrogen-bond acceptors (Lipinski definition) is 8. The number of aromatic nitrogens is 2. The predicted molar refractivity (Wildman–Crippen MR) is 116 cm³/mol. The van der Waals surface area contributed by atoms with Crippen molar-refractivity contribution in [3.63, 3.8) is 0 Å². The van der Waals surface area contributed by atoms with Crippen molar-refractivity contribution in [2.24, 2.45) is 0 Å². The van der Waals surface area contributed by atoms with Crippen LogP contribution < -0.4 is 25.8 Å². The van der Waals surface area contributed by atoms with Gasteiger partial charge in [0.05, 0.1) is 11.6 Å². The van der Waals surface area contributed by atoms with Crippen molar-refractivity contribution in [2.75, 3.05) is 25.4 Å². The third-order valence-electron chi connectivity index (χ3n) is 4.34. The molecule has 0 bridgehead atoms. The van der Waals surface area contributed by atoms with E-state index in [9.17, 15) is 9.18 Å². The number of hydrogen-bond donors (Lipinski definition) is 3. The Hall–Kier alpha value is -3.37. The second-order valence-corrected chi connectivity index (χ2v) is 7.06. The zero-order valence-corrected chi connectivity index (χ0v) is 18.1. The minimum absolute atomic E-state index is 0.0231. The molecule has 9 nitrogen and oxygen atoms in total. The van der Waals surface area contributed by atoms with Gasteiger partial charge in [0.1, 0.15) is 12.4 Å². The fourth-order valence-corrected chi connectivity index (χ4v) is 3.11. The Morgan fingerprint density at radius 2 is 2.03 bits per heavy atom. The fourth-order valence-electron chi connectivity index (χ4n) is 2.83. The van der Waals surface area contributed by atoms with Crippen LogP contribution in [-0.4, -0.2) is 35.9 Å². The number of carbonyl (C=O) groups is 1. The van der Waals surface area contributed by atoms with Gasteiger partial charge in [0.25, 0.3) is 5.91 Å². The number of nitrogens with two attached hydrogens (primary N) is 1. The van der Waals surface area contributed by atoms with E-state index in [1.807, 2.05) is 6.92 Å². The molecule has 1 amide bonds. The molecule has 1 aromatic heterocycles. The molecule has 2 aromatic carbocycles. The summed E-state index contributed by atoms with van der Waals surface area (Å²) in [6, 6.07) is 9.92. The summed E-state index contributed by atoms with van der Waals surface area (Å²) >= 11 is 6.41. The number of anilines is 1. The molecule has 0 unspecified atom stereocenters. The molecular formula is C21H23ClFN5O4. The number of nitrogens with zero attached hydrogens (tertiary/aromatic N) is 2. The topological polar surface area (TPSA) is 125 Å². The summed E-state index contributed by atoms with van der Waals surface area (Å²) < 4.78 is 29.7. The first kappa shape index (κ1) is 23.3. The first-order valence-corrected chi connectivity index (χ1v) is 10.3. The monoisotopic (exact) mass is 463 g/mol. The van der Waals surface area contributed by atoms with Crippen LogP contribution in [0.5, 0.6) is 11.5 Å². The van der Waals surface area contributed by atoms with Gasteiger partial charge in [-0.25, -0.2) is 9.02 Å². The molecule has 0 saturated carbocycles. The van der Waals surface area contributed by atoms with E-state index < -0.39 is 5.91 Å². The van der Waals surface area contributed by atoms with Gasteiger partial charge in [-0.05, 0) is 41.0 Å². The minimum Gasteiger partial charge on any atom is -0.490 e. The summed E-state index contributed by atoms with van der Waals surface area (Å²) in [7, 11) is 0. The number of halogens is 2. The van der Waals surface area contributed by atoms with Crippen LogP contribution >= 0.6 is 11.6 Å². The molecule has 0 aliphatic rings. The van der Waals surface area contributed by atoms with Crippen LogP contribution in [0.25, 0.3) is 0 Å². The Morgan fingerprint density at radius 1 is 1.22 bits per heavy atom. The third-order valence-corrected chi connectivity index (χ3v) is 4.63. The summed E-state index contributed by atoms with van der Waals surface area (Å²) in [5.74, 6) is -0.0616. The van der Waals surface area contributed by atoms with Crippen molar-refractivity contribution in [1.29, 1.82) is 0 Å². The Morgan fingerprint density at radius 3 is 2.75 bits per heavy atom. The summed E-state index contributed by atoms with van der Waals surface area (Å²) in [4.78, 5) is 11.9. The fraction of sp³-hybridized carbons (Fsp3) is 0.286. The zero-order chi connectivity index (χ0) is 22.9. The van der Waals surface area contributed by atoms with Crippen LogP contribution in [0.3, 0.4) is 0 Å². The summed E-state index contributed by atoms with van der Waals surface area (Å²) in [5.41, 5.74) is 6.70. The Kier molecular flexibility index (Phi) is 8.23. The Labute approximate surface area is 189 Å². The molecule has 0 saturated heterocycles. The first-order chi connectivity index (χ1) is 15.5. The van der Waals surface area contributed by atoms with Crippen molar-refractivity contribution in [3.05, 3.63) is 64.1 Å². The number of nitrogens with one attached hydrogen (secondary N) is 2. The number of rotatable bonds is 11. The molecule has 3 aromatic rings. The third kappa shape index (κ3) is 6.08. The molecule has 1 heterocycles. The quantitative estimate of drug-likeness (QED) is 0.371. The highest BCUT2D eigenvalue weighted by Gasteiger charge is 2.16. The molecule has 0 aliphatic heterocycles. The van der Waals surface area contributed by atoms with Gasteiger partial charge in [-0.2, -0.15) is 0 Å². The van der Waals surface area contributed by atoms with Gasteiger partial charge >= 0.3 is 0 Å². The van der Waals surface area contributed by atoms with Crippen LogP contribution in [0, 0.1) is 5.82 Å². The first-order valence-electron chi connectivity index (χ1n) is 9.88. The van der Waals surface area contributed by atoms with E-state index in [0.29, 0.717) is 48.3 Å². The van der Waals surface area contributed by atoms with Crippen LogP contribution in [0.15, 0.2) is 41.0 Å². The summed E-state index contributed by atoms with van der Waals surface area (Å²) in [6.45, 7) is 3.56. The van der Waals surface area contributed by atoms with Crippen molar-refractivity contribution in [3.8, 4) is 11.5 Å². The summed E-state index contributed by atoms with van der Waals surface area (Å²) in [5, 5.41) is 13.0. The minimum atomic E-state index is -0.469. The van der Waals surface area contributed by atoms with Crippen molar-refractivity contribution < 1.29 is 23.3 Å². The van der Waals surface area contributed by atoms with Crippen LogP contribution in [0.4, 0.5) is 10.2 Å². The van der Waals surface area contributed by atoms with Crippen molar-refractivity contribution >= 4 is 23.3 Å². The van der Waals surface area contributed by atoms with E-state index in [-0.39, 0.29) is 23.9 Å². The molecule has 0 radical (unpaired) electrons. The average Bonchev–Trinajstić information content (AvgIpc) is 3.20. The largest absolute Gasteiger partial charge is 0.490 e. The highest BCUT2D eigenvalue weighted by atomic mass is 35.5. The van der Waals surface area contributed by atoms with E-state index in [2.05, 4.69) is 25.6 Å². The van der Waals surface area contributed by atoms with E-state index in [0.717, 1.165) is 5.56 Å². The van der Waals surface area contributed by atoms with Gasteiger partial charge in [-0.15, -0.1) is 0 Å². The molecule has 0 spiro atoms. The van der Waals surface area contributed by atoms with Gasteiger partial charge in [-0.3, -0.25) is 4.79 Å². The maximum atomic E-state index is 13.9. The molecule has 0 atom stereocenters. The van der Waals surface area contributed by atoms with E-state index in [4.69, 9.17) is 26.8 Å². The molecule has 0 fully saturated rings. The standard InChI is InChI=1S/C21H23ClFN5O4/c1-2-30-17-10-13(11-25-7-8-26-21(29)18-20(24)28-32-27-18)9-15(22)19(17)31-12-14-5-3-4-6-16(14)23/h3-6,9-10,25H,2,7-8,11-12H2,1H3,(H2,24,28)(H,26,29). The van der Waals surface area contributed by atoms with Crippen molar-refractivity contribution in [1.82, 2.24) is 20.9 Å². The second-order valence-electron chi connectivity index (χ2n) is 6.65. The maximum Gasteiger partial charge on any atom is 0.277 e. The van der Waals surface area contributed by atoms with E-state index in [1.165, 1.54) is 6.07 Å². The lowest BCUT2D eigenvalue weighted by atomic mass is 10.2. The highest BCUT2D eigenvalue weighted by Crippen LogP contribution is 2.37. The van der Waals surface area contributed by atoms with Gasteiger partial charge < -0.3 is 25.8 Å². The molecular weight excluding hydrogens is 441 g/mol. The Bertz CT molecular complexity index is 1060. The number of carbonyl (C=O) groups excluding carboxylic acids is 1. The SMILES string of the molecule is CCOc1cc(CNCCNC(=O)c2nonc2N)cc(Cl)c1OCc1ccccc1F. The van der Waals surface area contributed by atoms with Crippen LogP contribution in [-0.2, 0) is 13.2 Å². The lowest BCUT2D eigenvalue weighted by molar-refractivity contribution is 0.0944. The van der Waals surface area contributed by atoms with Gasteiger partial charge in [0.2, 0.25) is 11.5 Å². The highest BCUT2D eigenvalue weighted by molar-refractivity contribution is 6.32. The second kappa shape index (κ2) is 11.3. The van der Waals surface area contributed by atoms with Gasteiger partial charge in [0, 0.05) is 25.2 Å². The molecule has 3 rings (SSSR count). The lowest BCUT2D eigenvalue weighted by Gasteiger charge is -2.16. The summed E-state index contributed by atoms with van der Waals surface area (Å²) in [6.07, 6.45) is 0. The maximum absolute atomic E-state index is 13.9. The number of nitrogen functional groups attached to an aromatic ring is 1. The van der Waals surface area contributed by atoms with E-state index >= 15 is 0 Å². The number of ether oxygens (including phenoxy) is 2. The lowest BCUT2D eigenvalue weighted by Crippen LogP contribution is -2.32. The van der Waals surface area contributed by atoms with Crippen LogP contribution in [0.2, 0.25) is 5.02 Å². The van der Waals surface area contributed by atoms with Crippen molar-refractivity contribution in [2.45, 2.75) is 20.1 Å². The number of amides is 1. The smallest absolute Gasteiger partial charge is 0.277 e. The van der Waals surface area contributed by atoms with Crippen LogP contribution in [0.1, 0.15) is 28.5 Å². The average molecular weight is 464 g/mol. The Balaban J connectivity index is 1.55. The van der Waals surface area contributed by atoms with Gasteiger partial charge in [0.15, 0.2) is 11.5 Å². The molecule has 11 heteroatoms. The molecule has 170 valence electrons. The van der Waals surface area contributed by atoms with E-state index in [1.54, 1.807) is 30.3 Å². The number of benzene rings is 2. The predicted octanol–water partition coefficient (Wildman–Crippen LogP) is 2.94. The molecule has 32 heavy (non-hydrogen) atoms. The molecule has 4 N–H and O–H groups in total. The zero-order valence-electron chi connectivity index (χ0n) is 17.4.